The van der Waals surface area contributed by atoms with E-state index in [1.54, 1.807) is 6.08 Å². The van der Waals surface area contributed by atoms with Gasteiger partial charge in [0, 0.05) is 12.5 Å². The fraction of sp³-hybridized carbons (Fsp3) is 0.878. The second-order valence-corrected chi connectivity index (χ2v) is 17.0. The van der Waals surface area contributed by atoms with Gasteiger partial charge in [-0.15, -0.1) is 0 Å². The first kappa shape index (κ1) is 55.2. The minimum absolute atomic E-state index is 0.215. The van der Waals surface area contributed by atoms with Crippen LogP contribution in [0.2, 0.25) is 0 Å². The van der Waals surface area contributed by atoms with Gasteiger partial charge in [0.05, 0.1) is 13.2 Å². The quantitative estimate of drug-likeness (QED) is 0.0203. The van der Waals surface area contributed by atoms with Crippen molar-refractivity contribution < 1.29 is 49.0 Å². The maximum Gasteiger partial charge on any atom is 0.330 e. The van der Waals surface area contributed by atoms with Gasteiger partial charge in [-0.25, -0.2) is 4.79 Å². The highest BCUT2D eigenvalue weighted by molar-refractivity contribution is 5.82. The van der Waals surface area contributed by atoms with Gasteiger partial charge in [0.15, 0.2) is 12.4 Å². The largest absolute Gasteiger partial charge is 0.458 e. The van der Waals surface area contributed by atoms with Crippen molar-refractivity contribution in [3.05, 3.63) is 24.3 Å². The van der Waals surface area contributed by atoms with Gasteiger partial charge in [-0.2, -0.15) is 0 Å². The molecule has 0 bridgehead atoms. The second-order valence-electron chi connectivity index (χ2n) is 17.0. The number of unbranched alkanes of at least 4 members (excludes halogenated alkanes) is 29. The number of hydrogen-bond donors (Lipinski definition) is 4. The number of aliphatic hydroxyl groups is 4. The molecule has 2 unspecified atom stereocenters. The van der Waals surface area contributed by atoms with Gasteiger partial charge >= 0.3 is 11.9 Å². The third kappa shape index (κ3) is 31.7. The highest BCUT2D eigenvalue weighted by Crippen LogP contribution is 2.23. The molecule has 0 saturated carbocycles. The van der Waals surface area contributed by atoms with Crippen LogP contribution in [0.15, 0.2) is 24.3 Å². The molecule has 346 valence electrons. The van der Waals surface area contributed by atoms with E-state index < -0.39 is 55.4 Å². The second kappa shape index (κ2) is 40.3. The van der Waals surface area contributed by atoms with E-state index in [-0.39, 0.29) is 19.6 Å². The van der Waals surface area contributed by atoms with E-state index in [1.165, 1.54) is 167 Å². The molecule has 1 saturated heterocycles. The molecule has 0 amide bonds. The minimum atomic E-state index is -1.60. The van der Waals surface area contributed by atoms with Gasteiger partial charge in [-0.05, 0) is 19.3 Å². The Balaban J connectivity index is 2.31. The molecule has 1 aliphatic rings. The summed E-state index contributed by atoms with van der Waals surface area (Å²) in [6.45, 7) is 3.34. The summed E-state index contributed by atoms with van der Waals surface area (Å²) >= 11 is 0. The van der Waals surface area contributed by atoms with Crippen molar-refractivity contribution in [3.8, 4) is 0 Å². The zero-order valence-electron chi connectivity index (χ0n) is 37.8. The summed E-state index contributed by atoms with van der Waals surface area (Å²) in [5.41, 5.74) is 0. The SMILES string of the molecule is CCCCCCCCCCCCC/C=C/C=C/C(=O)OC[C@H](CO[C@@H]1O[C@H](CO)[C@H](O)C(O)C1O)OC(=O)CCCCCCCCCCCCCCCCCCCCC. The van der Waals surface area contributed by atoms with Crippen LogP contribution in [-0.2, 0) is 28.5 Å². The molecular weight excluding hydrogens is 749 g/mol. The van der Waals surface area contributed by atoms with Gasteiger partial charge in [0.2, 0.25) is 0 Å². The summed E-state index contributed by atoms with van der Waals surface area (Å²) in [6, 6.07) is 0. The zero-order valence-corrected chi connectivity index (χ0v) is 37.8. The van der Waals surface area contributed by atoms with E-state index in [9.17, 15) is 30.0 Å². The zero-order chi connectivity index (χ0) is 43.0. The normalized spacial score (nSPS) is 20.1. The van der Waals surface area contributed by atoms with Crippen LogP contribution in [0.25, 0.3) is 0 Å². The molecule has 10 heteroatoms. The molecule has 1 aliphatic heterocycles. The van der Waals surface area contributed by atoms with Crippen LogP contribution in [-0.4, -0.2) is 89.0 Å². The smallest absolute Gasteiger partial charge is 0.330 e. The summed E-state index contributed by atoms with van der Waals surface area (Å²) in [7, 11) is 0. The third-order valence-electron chi connectivity index (χ3n) is 11.4. The highest BCUT2D eigenvalue weighted by atomic mass is 16.7. The molecule has 59 heavy (non-hydrogen) atoms. The van der Waals surface area contributed by atoms with Crippen molar-refractivity contribution in [2.45, 2.75) is 256 Å². The molecule has 0 radical (unpaired) electrons. The monoisotopic (exact) mass is 839 g/mol. The fourth-order valence-electron chi connectivity index (χ4n) is 7.57. The molecule has 0 aromatic rings. The van der Waals surface area contributed by atoms with Gasteiger partial charge in [0.1, 0.15) is 31.0 Å². The van der Waals surface area contributed by atoms with E-state index in [0.29, 0.717) is 6.42 Å². The lowest BCUT2D eigenvalue weighted by molar-refractivity contribution is -0.305. The Kier molecular flexibility index (Phi) is 37.7. The lowest BCUT2D eigenvalue weighted by atomic mass is 9.99. The highest BCUT2D eigenvalue weighted by Gasteiger charge is 2.44. The number of rotatable bonds is 41. The summed E-state index contributed by atoms with van der Waals surface area (Å²) in [4.78, 5) is 25.3. The Morgan fingerprint density at radius 1 is 0.559 bits per heavy atom. The van der Waals surface area contributed by atoms with Crippen LogP contribution in [0, 0.1) is 0 Å². The van der Waals surface area contributed by atoms with Crippen molar-refractivity contribution >= 4 is 11.9 Å². The number of ether oxygens (including phenoxy) is 4. The average Bonchev–Trinajstić information content (AvgIpc) is 3.23. The lowest BCUT2D eigenvalue weighted by Gasteiger charge is -2.39. The molecule has 0 aliphatic carbocycles. The average molecular weight is 839 g/mol. The predicted octanol–water partition coefficient (Wildman–Crippen LogP) is 10.9. The Morgan fingerprint density at radius 2 is 1.00 bits per heavy atom. The number of carbonyl (C=O) groups is 2. The molecule has 6 atom stereocenters. The van der Waals surface area contributed by atoms with Crippen LogP contribution in [0.5, 0.6) is 0 Å². The Labute approximate surface area is 360 Å². The Hall–Kier alpha value is -1.82. The molecule has 0 spiro atoms. The van der Waals surface area contributed by atoms with Crippen molar-refractivity contribution in [1.29, 1.82) is 0 Å². The Morgan fingerprint density at radius 3 is 1.46 bits per heavy atom. The predicted molar refractivity (Wildman–Crippen MR) is 238 cm³/mol. The van der Waals surface area contributed by atoms with Gasteiger partial charge in [-0.3, -0.25) is 4.79 Å². The van der Waals surface area contributed by atoms with Crippen LogP contribution in [0.4, 0.5) is 0 Å². The summed E-state index contributed by atoms with van der Waals surface area (Å²) in [5.74, 6) is -1.05. The maximum absolute atomic E-state index is 12.8. The lowest BCUT2D eigenvalue weighted by Crippen LogP contribution is -2.59. The molecular formula is C49H90O10. The van der Waals surface area contributed by atoms with Crippen LogP contribution in [0.1, 0.15) is 219 Å². The van der Waals surface area contributed by atoms with Crippen LogP contribution >= 0.6 is 0 Å². The van der Waals surface area contributed by atoms with Crippen LogP contribution in [0.3, 0.4) is 0 Å². The molecule has 0 aromatic heterocycles. The number of carbonyl (C=O) groups excluding carboxylic acids is 2. The number of allylic oxidation sites excluding steroid dienone is 3. The number of esters is 2. The summed E-state index contributed by atoms with van der Waals surface area (Å²) in [5, 5.41) is 40.1. The summed E-state index contributed by atoms with van der Waals surface area (Å²) < 4.78 is 22.0. The molecule has 10 nitrogen and oxygen atoms in total. The van der Waals surface area contributed by atoms with E-state index in [4.69, 9.17) is 18.9 Å². The number of aliphatic hydroxyl groups excluding tert-OH is 4. The number of hydrogen-bond acceptors (Lipinski definition) is 10. The standard InChI is InChI=1S/C49H90O10/c1-3-5-7-9-11-13-15-17-19-20-21-22-24-26-28-30-32-34-36-38-45(52)58-42(41-57-49-48(55)47(54)46(53)43(39-50)59-49)40-56-44(51)37-35-33-31-29-27-25-23-18-16-14-12-10-8-6-4-2/h31,33,35,37,42-43,46-50,53-55H,3-30,32,34,36,38-41H2,1-2H3/b33-31+,37-35+/t42-,43-,46+,47?,48?,49-/m1/s1. The first-order chi connectivity index (χ1) is 28.8. The van der Waals surface area contributed by atoms with Gasteiger partial charge in [0.25, 0.3) is 0 Å². The van der Waals surface area contributed by atoms with E-state index in [0.717, 1.165) is 32.1 Å². The van der Waals surface area contributed by atoms with Crippen molar-refractivity contribution in [2.24, 2.45) is 0 Å². The molecule has 1 fully saturated rings. The van der Waals surface area contributed by atoms with Crippen molar-refractivity contribution in [1.82, 2.24) is 0 Å². The van der Waals surface area contributed by atoms with E-state index >= 15 is 0 Å². The summed E-state index contributed by atoms with van der Waals surface area (Å²) in [6.07, 6.45) is 38.2. The third-order valence-corrected chi connectivity index (χ3v) is 11.4. The minimum Gasteiger partial charge on any atom is -0.458 e. The van der Waals surface area contributed by atoms with Crippen molar-refractivity contribution in [3.63, 3.8) is 0 Å². The van der Waals surface area contributed by atoms with E-state index in [1.807, 2.05) is 12.2 Å². The molecule has 0 aromatic carbocycles. The van der Waals surface area contributed by atoms with Gasteiger partial charge < -0.3 is 39.4 Å². The fourth-order valence-corrected chi connectivity index (χ4v) is 7.57. The first-order valence-corrected chi connectivity index (χ1v) is 24.5. The topological polar surface area (TPSA) is 152 Å². The van der Waals surface area contributed by atoms with Crippen LogP contribution < -0.4 is 0 Å². The molecule has 1 rings (SSSR count). The molecule has 1 heterocycles. The Bertz CT molecular complexity index is 1020. The van der Waals surface area contributed by atoms with Gasteiger partial charge in [-0.1, -0.05) is 212 Å². The maximum atomic E-state index is 12.8. The van der Waals surface area contributed by atoms with Crippen molar-refractivity contribution in [2.75, 3.05) is 19.8 Å². The van der Waals surface area contributed by atoms with E-state index in [2.05, 4.69) is 13.8 Å². The molecule has 4 N–H and O–H groups in total. The first-order valence-electron chi connectivity index (χ1n) is 24.5.